The summed E-state index contributed by atoms with van der Waals surface area (Å²) >= 11 is 0. The van der Waals surface area contributed by atoms with Gasteiger partial charge in [-0.1, -0.05) is 0 Å². The lowest BCUT2D eigenvalue weighted by molar-refractivity contribution is -0.132. The maximum Gasteiger partial charge on any atom is 0.251 e. The molecule has 0 aliphatic heterocycles. The lowest BCUT2D eigenvalue weighted by Crippen LogP contribution is -2.46. The van der Waals surface area contributed by atoms with Gasteiger partial charge in [0.25, 0.3) is 5.91 Å². The van der Waals surface area contributed by atoms with Crippen molar-refractivity contribution in [1.29, 1.82) is 0 Å². The first-order valence-electron chi connectivity index (χ1n) is 3.48. The van der Waals surface area contributed by atoms with Crippen molar-refractivity contribution in [2.45, 2.75) is 32.4 Å². The minimum atomic E-state index is -1.31. The van der Waals surface area contributed by atoms with Crippen LogP contribution in [-0.4, -0.2) is 34.4 Å². The fourth-order valence-corrected chi connectivity index (χ4v) is 0.536. The van der Waals surface area contributed by atoms with Crippen LogP contribution in [0.25, 0.3) is 0 Å². The number of hydrogen-bond donors (Lipinski definition) is 3. The molecule has 0 aromatic carbocycles. The Morgan fingerprint density at radius 1 is 1.55 bits per heavy atom. The molecule has 0 heterocycles. The molecule has 0 aromatic heterocycles. The van der Waals surface area contributed by atoms with Gasteiger partial charge in [0.1, 0.15) is 0 Å². The van der Waals surface area contributed by atoms with Crippen molar-refractivity contribution in [3.8, 4) is 0 Å². The number of carbonyl (C=O) groups excluding carboxylic acids is 1. The highest BCUT2D eigenvalue weighted by molar-refractivity contribution is 5.81. The van der Waals surface area contributed by atoms with Gasteiger partial charge in [0, 0.05) is 5.54 Å². The molecule has 4 nitrogen and oxygen atoms in total. The van der Waals surface area contributed by atoms with Gasteiger partial charge in [-0.25, -0.2) is 0 Å². The van der Waals surface area contributed by atoms with Crippen LogP contribution in [0.4, 0.5) is 0 Å². The van der Waals surface area contributed by atoms with Gasteiger partial charge in [0.15, 0.2) is 6.10 Å². The molecule has 0 rings (SSSR count). The zero-order valence-electron chi connectivity index (χ0n) is 7.09. The number of carbonyl (C=O) groups is 1. The zero-order chi connectivity index (χ0) is 9.07. The molecule has 0 bridgehead atoms. The summed E-state index contributed by atoms with van der Waals surface area (Å²) in [5.74, 6) is -0.542. The Hall–Kier alpha value is -0.610. The first kappa shape index (κ1) is 10.4. The lowest BCUT2D eigenvalue weighted by Gasteiger charge is -2.21. The molecule has 66 valence electrons. The molecule has 0 spiro atoms. The number of amides is 1. The summed E-state index contributed by atoms with van der Waals surface area (Å²) in [5, 5.41) is 19.7. The fourth-order valence-electron chi connectivity index (χ4n) is 0.536. The Balaban J connectivity index is 3.88. The van der Waals surface area contributed by atoms with Crippen molar-refractivity contribution in [2.75, 3.05) is 6.61 Å². The molecule has 1 unspecified atom stereocenters. The predicted molar refractivity (Wildman–Crippen MR) is 41.0 cm³/mol. The van der Waals surface area contributed by atoms with Crippen LogP contribution in [0.5, 0.6) is 0 Å². The SMILES string of the molecule is CC(C)(C)NC(=O)C(O)CO. The third-order valence-corrected chi connectivity index (χ3v) is 0.974. The summed E-state index contributed by atoms with van der Waals surface area (Å²) in [6, 6.07) is 0. The summed E-state index contributed by atoms with van der Waals surface area (Å²) in [5.41, 5.74) is -0.368. The van der Waals surface area contributed by atoms with Crippen molar-refractivity contribution >= 4 is 5.91 Å². The fraction of sp³-hybridized carbons (Fsp3) is 0.857. The van der Waals surface area contributed by atoms with E-state index < -0.39 is 18.6 Å². The molecule has 0 aliphatic rings. The number of hydrogen-bond acceptors (Lipinski definition) is 3. The molecule has 0 fully saturated rings. The van der Waals surface area contributed by atoms with E-state index in [-0.39, 0.29) is 5.54 Å². The van der Waals surface area contributed by atoms with E-state index >= 15 is 0 Å². The van der Waals surface area contributed by atoms with Crippen LogP contribution >= 0.6 is 0 Å². The quantitative estimate of drug-likeness (QED) is 0.499. The van der Waals surface area contributed by atoms with Crippen LogP contribution in [0, 0.1) is 0 Å². The Labute approximate surface area is 66.2 Å². The summed E-state index contributed by atoms with van der Waals surface area (Å²) in [7, 11) is 0. The Morgan fingerprint density at radius 3 is 2.27 bits per heavy atom. The zero-order valence-corrected chi connectivity index (χ0v) is 7.09. The second kappa shape index (κ2) is 3.69. The van der Waals surface area contributed by atoms with Gasteiger partial charge in [0.05, 0.1) is 6.61 Å². The number of rotatable bonds is 2. The van der Waals surface area contributed by atoms with E-state index in [1.807, 2.05) is 0 Å². The van der Waals surface area contributed by atoms with Gasteiger partial charge in [-0.15, -0.1) is 0 Å². The van der Waals surface area contributed by atoms with Crippen molar-refractivity contribution in [2.24, 2.45) is 0 Å². The van der Waals surface area contributed by atoms with Crippen LogP contribution in [0.3, 0.4) is 0 Å². The normalized spacial score (nSPS) is 14.3. The third kappa shape index (κ3) is 4.75. The van der Waals surface area contributed by atoms with Crippen molar-refractivity contribution in [3.63, 3.8) is 0 Å². The van der Waals surface area contributed by atoms with E-state index in [2.05, 4.69) is 5.32 Å². The van der Waals surface area contributed by atoms with Crippen LogP contribution < -0.4 is 5.32 Å². The van der Waals surface area contributed by atoms with Crippen molar-refractivity contribution < 1.29 is 15.0 Å². The minimum absolute atomic E-state index is 0.368. The Bertz CT molecular complexity index is 139. The predicted octanol–water partition coefficient (Wildman–Crippen LogP) is -0.746. The number of aliphatic hydroxyl groups is 2. The monoisotopic (exact) mass is 161 g/mol. The smallest absolute Gasteiger partial charge is 0.251 e. The van der Waals surface area contributed by atoms with Crippen LogP contribution in [0.1, 0.15) is 20.8 Å². The highest BCUT2D eigenvalue weighted by atomic mass is 16.3. The molecule has 0 saturated carbocycles. The van der Waals surface area contributed by atoms with E-state index in [1.165, 1.54) is 0 Å². The number of aliphatic hydroxyl groups excluding tert-OH is 2. The Morgan fingerprint density at radius 2 is 2.00 bits per heavy atom. The van der Waals surface area contributed by atoms with Crippen LogP contribution in [0.2, 0.25) is 0 Å². The lowest BCUT2D eigenvalue weighted by atomic mass is 10.1. The van der Waals surface area contributed by atoms with E-state index in [4.69, 9.17) is 10.2 Å². The molecule has 3 N–H and O–H groups in total. The molecule has 1 atom stereocenters. The van der Waals surface area contributed by atoms with E-state index in [1.54, 1.807) is 20.8 Å². The van der Waals surface area contributed by atoms with Gasteiger partial charge in [-0.05, 0) is 20.8 Å². The molecule has 0 aromatic rings. The first-order valence-corrected chi connectivity index (χ1v) is 3.48. The second-order valence-corrected chi connectivity index (χ2v) is 3.44. The third-order valence-electron chi connectivity index (χ3n) is 0.974. The maximum absolute atomic E-state index is 10.9. The summed E-state index contributed by atoms with van der Waals surface area (Å²) in [4.78, 5) is 10.9. The van der Waals surface area contributed by atoms with Crippen LogP contribution in [0.15, 0.2) is 0 Å². The molecule has 0 saturated heterocycles. The van der Waals surface area contributed by atoms with Crippen LogP contribution in [-0.2, 0) is 4.79 Å². The van der Waals surface area contributed by atoms with Gasteiger partial charge in [0.2, 0.25) is 0 Å². The second-order valence-electron chi connectivity index (χ2n) is 3.44. The molecule has 0 radical (unpaired) electrons. The average molecular weight is 161 g/mol. The number of nitrogens with one attached hydrogen (secondary N) is 1. The van der Waals surface area contributed by atoms with Gasteiger partial charge < -0.3 is 15.5 Å². The standard InChI is InChI=1S/C7H15NO3/c1-7(2,3)8-6(11)5(10)4-9/h5,9-10H,4H2,1-3H3,(H,8,11). The topological polar surface area (TPSA) is 69.6 Å². The summed E-state index contributed by atoms with van der Waals surface area (Å²) in [6.45, 7) is 4.86. The first-order chi connectivity index (χ1) is 4.87. The van der Waals surface area contributed by atoms with Gasteiger partial charge in [-0.3, -0.25) is 4.79 Å². The molecule has 0 aliphatic carbocycles. The minimum Gasteiger partial charge on any atom is -0.393 e. The van der Waals surface area contributed by atoms with Crippen molar-refractivity contribution in [1.82, 2.24) is 5.32 Å². The highest BCUT2D eigenvalue weighted by Crippen LogP contribution is 1.98. The average Bonchev–Trinajstić information content (AvgIpc) is 1.82. The largest absolute Gasteiger partial charge is 0.393 e. The summed E-state index contributed by atoms with van der Waals surface area (Å²) < 4.78 is 0. The Kier molecular flexibility index (Phi) is 3.48. The molecular weight excluding hydrogens is 146 g/mol. The van der Waals surface area contributed by atoms with Crippen molar-refractivity contribution in [3.05, 3.63) is 0 Å². The van der Waals surface area contributed by atoms with Gasteiger partial charge >= 0.3 is 0 Å². The maximum atomic E-state index is 10.9. The molecular formula is C7H15NO3. The highest BCUT2D eigenvalue weighted by Gasteiger charge is 2.19. The van der Waals surface area contributed by atoms with Gasteiger partial charge in [-0.2, -0.15) is 0 Å². The van der Waals surface area contributed by atoms with E-state index in [0.717, 1.165) is 0 Å². The van der Waals surface area contributed by atoms with E-state index in [9.17, 15) is 4.79 Å². The summed E-state index contributed by atoms with van der Waals surface area (Å²) in [6.07, 6.45) is -1.31. The molecule has 11 heavy (non-hydrogen) atoms. The molecule has 4 heteroatoms. The molecule has 1 amide bonds. The van der Waals surface area contributed by atoms with E-state index in [0.29, 0.717) is 0 Å².